The number of carbonyl (C=O) groups excluding carboxylic acids is 2. The lowest BCUT2D eigenvalue weighted by Crippen LogP contribution is -2.39. The zero-order valence-corrected chi connectivity index (χ0v) is 14.2. The molecule has 0 heterocycles. The minimum absolute atomic E-state index is 0.0293. The molecule has 3 atom stereocenters. The second-order valence-electron chi connectivity index (χ2n) is 7.18. The lowest BCUT2D eigenvalue weighted by molar-refractivity contribution is -0.128. The second kappa shape index (κ2) is 7.34. The van der Waals surface area contributed by atoms with Crippen molar-refractivity contribution in [3.63, 3.8) is 0 Å². The van der Waals surface area contributed by atoms with Crippen LogP contribution in [0.15, 0.2) is 18.2 Å². The van der Waals surface area contributed by atoms with Crippen LogP contribution in [0.4, 0.5) is 0 Å². The first-order valence-electron chi connectivity index (χ1n) is 8.97. The van der Waals surface area contributed by atoms with Gasteiger partial charge in [-0.1, -0.05) is 25.8 Å². The number of benzene rings is 1. The maximum Gasteiger partial charge on any atom is 0.274 e. The van der Waals surface area contributed by atoms with Gasteiger partial charge in [0, 0.05) is 11.5 Å². The summed E-state index contributed by atoms with van der Waals surface area (Å²) in [5.41, 5.74) is 4.31. The van der Waals surface area contributed by atoms with Gasteiger partial charge in [-0.25, -0.2) is 5.48 Å². The van der Waals surface area contributed by atoms with Crippen LogP contribution in [0.2, 0.25) is 0 Å². The highest BCUT2D eigenvalue weighted by Gasteiger charge is 2.30. The average molecular weight is 330 g/mol. The average Bonchev–Trinajstić information content (AvgIpc) is 2.61. The quantitative estimate of drug-likeness (QED) is 0.588. The maximum atomic E-state index is 12.7. The van der Waals surface area contributed by atoms with Gasteiger partial charge in [0.25, 0.3) is 5.91 Å². The van der Waals surface area contributed by atoms with Crippen molar-refractivity contribution in [2.45, 2.75) is 57.9 Å². The first kappa shape index (κ1) is 17.0. The van der Waals surface area contributed by atoms with Gasteiger partial charge < -0.3 is 5.32 Å². The van der Waals surface area contributed by atoms with Crippen molar-refractivity contribution in [2.24, 2.45) is 11.8 Å². The highest BCUT2D eigenvalue weighted by Crippen LogP contribution is 2.33. The van der Waals surface area contributed by atoms with Gasteiger partial charge in [0.2, 0.25) is 5.91 Å². The first-order chi connectivity index (χ1) is 11.6. The van der Waals surface area contributed by atoms with Crippen molar-refractivity contribution in [3.8, 4) is 0 Å². The number of nitrogens with one attached hydrogen (secondary N) is 2. The third-order valence-electron chi connectivity index (χ3n) is 5.59. The fourth-order valence-electron chi connectivity index (χ4n) is 4.15. The Bertz CT molecular complexity index is 629. The van der Waals surface area contributed by atoms with E-state index in [1.165, 1.54) is 6.42 Å². The molecule has 1 saturated carbocycles. The van der Waals surface area contributed by atoms with Crippen LogP contribution in [0, 0.1) is 11.8 Å². The van der Waals surface area contributed by atoms with E-state index in [0.717, 1.165) is 49.7 Å². The van der Waals surface area contributed by atoms with E-state index in [1.54, 1.807) is 11.5 Å². The molecule has 130 valence electrons. The fraction of sp³-hybridized carbons (Fsp3) is 0.579. The summed E-state index contributed by atoms with van der Waals surface area (Å²) in [6.45, 7) is 2.18. The summed E-state index contributed by atoms with van der Waals surface area (Å²) in [4.78, 5) is 24.3. The van der Waals surface area contributed by atoms with Gasteiger partial charge >= 0.3 is 0 Å². The molecular formula is C19H26N2O3. The normalized spacial score (nSPS) is 26.3. The van der Waals surface area contributed by atoms with Crippen LogP contribution in [-0.2, 0) is 11.2 Å². The molecule has 0 saturated heterocycles. The summed E-state index contributed by atoms with van der Waals surface area (Å²) in [6, 6.07) is 5.47. The van der Waals surface area contributed by atoms with Crippen LogP contribution in [0.1, 0.15) is 73.0 Å². The molecule has 2 aliphatic rings. The molecule has 0 spiro atoms. The SMILES string of the molecule is CC1CCCCC1C(=O)NC1CCCc2cc(C(=O)NO)ccc21. The summed E-state index contributed by atoms with van der Waals surface area (Å²) in [5.74, 6) is 0.262. The molecule has 1 fully saturated rings. The smallest absolute Gasteiger partial charge is 0.274 e. The predicted octanol–water partition coefficient (Wildman–Crippen LogP) is 3.13. The van der Waals surface area contributed by atoms with Gasteiger partial charge in [0.1, 0.15) is 0 Å². The Morgan fingerprint density at radius 1 is 1.12 bits per heavy atom. The molecule has 24 heavy (non-hydrogen) atoms. The Morgan fingerprint density at radius 3 is 2.67 bits per heavy atom. The third kappa shape index (κ3) is 3.46. The molecule has 5 heteroatoms. The van der Waals surface area contributed by atoms with E-state index < -0.39 is 5.91 Å². The van der Waals surface area contributed by atoms with E-state index in [-0.39, 0.29) is 17.9 Å². The van der Waals surface area contributed by atoms with Gasteiger partial charge in [-0.3, -0.25) is 14.8 Å². The number of hydrogen-bond donors (Lipinski definition) is 3. The van der Waals surface area contributed by atoms with Crippen LogP contribution >= 0.6 is 0 Å². The monoisotopic (exact) mass is 330 g/mol. The number of aryl methyl sites for hydroxylation is 1. The molecule has 3 unspecified atom stereocenters. The molecule has 1 aromatic rings. The van der Waals surface area contributed by atoms with Crippen LogP contribution in [0.5, 0.6) is 0 Å². The van der Waals surface area contributed by atoms with Crippen LogP contribution in [0.3, 0.4) is 0 Å². The van der Waals surface area contributed by atoms with Crippen molar-refractivity contribution in [2.75, 3.05) is 0 Å². The number of hydroxylamine groups is 1. The maximum absolute atomic E-state index is 12.7. The molecular weight excluding hydrogens is 304 g/mol. The van der Waals surface area contributed by atoms with E-state index in [9.17, 15) is 9.59 Å². The zero-order valence-electron chi connectivity index (χ0n) is 14.2. The van der Waals surface area contributed by atoms with Gasteiger partial charge in [-0.2, -0.15) is 0 Å². The highest BCUT2D eigenvalue weighted by atomic mass is 16.5. The lowest BCUT2D eigenvalue weighted by Gasteiger charge is -2.32. The van der Waals surface area contributed by atoms with E-state index in [0.29, 0.717) is 11.5 Å². The number of amides is 2. The molecule has 0 aromatic heterocycles. The van der Waals surface area contributed by atoms with Crippen molar-refractivity contribution < 1.29 is 14.8 Å². The number of hydrogen-bond acceptors (Lipinski definition) is 3. The largest absolute Gasteiger partial charge is 0.349 e. The third-order valence-corrected chi connectivity index (χ3v) is 5.59. The zero-order chi connectivity index (χ0) is 17.1. The minimum atomic E-state index is -0.500. The summed E-state index contributed by atoms with van der Waals surface area (Å²) in [7, 11) is 0. The molecule has 2 aliphatic carbocycles. The molecule has 5 nitrogen and oxygen atoms in total. The van der Waals surface area contributed by atoms with Crippen LogP contribution in [-0.4, -0.2) is 17.0 Å². The molecule has 1 aromatic carbocycles. The molecule has 3 N–H and O–H groups in total. The molecule has 0 aliphatic heterocycles. The van der Waals surface area contributed by atoms with E-state index in [4.69, 9.17) is 5.21 Å². The molecule has 0 radical (unpaired) electrons. The van der Waals surface area contributed by atoms with Crippen molar-refractivity contribution in [1.82, 2.24) is 10.8 Å². The highest BCUT2D eigenvalue weighted by molar-refractivity contribution is 5.93. The summed E-state index contributed by atoms with van der Waals surface area (Å²) >= 11 is 0. The van der Waals surface area contributed by atoms with Crippen molar-refractivity contribution >= 4 is 11.8 Å². The van der Waals surface area contributed by atoms with E-state index in [2.05, 4.69) is 12.2 Å². The summed E-state index contributed by atoms with van der Waals surface area (Å²) in [5, 5.41) is 12.0. The lowest BCUT2D eigenvalue weighted by atomic mass is 9.79. The number of carbonyl (C=O) groups is 2. The molecule has 2 amide bonds. The fourth-order valence-corrected chi connectivity index (χ4v) is 4.15. The van der Waals surface area contributed by atoms with Crippen LogP contribution < -0.4 is 10.8 Å². The Balaban J connectivity index is 1.74. The van der Waals surface area contributed by atoms with Gasteiger partial charge in [-0.15, -0.1) is 0 Å². The minimum Gasteiger partial charge on any atom is -0.349 e. The van der Waals surface area contributed by atoms with Gasteiger partial charge in [0.05, 0.1) is 6.04 Å². The number of rotatable bonds is 3. The van der Waals surface area contributed by atoms with Crippen molar-refractivity contribution in [1.29, 1.82) is 0 Å². The first-order valence-corrected chi connectivity index (χ1v) is 8.97. The standard InChI is InChI=1S/C19H26N2O3/c1-12-5-2-3-7-15(12)19(23)20-17-8-4-6-13-11-14(18(22)21-24)9-10-16(13)17/h9-12,15,17,24H,2-8H2,1H3,(H,20,23)(H,21,22). The van der Waals surface area contributed by atoms with Crippen LogP contribution in [0.25, 0.3) is 0 Å². The van der Waals surface area contributed by atoms with E-state index in [1.807, 2.05) is 12.1 Å². The molecule has 0 bridgehead atoms. The van der Waals surface area contributed by atoms with Gasteiger partial charge in [0.15, 0.2) is 0 Å². The number of fused-ring (bicyclic) bond motifs is 1. The second-order valence-corrected chi connectivity index (χ2v) is 7.18. The van der Waals surface area contributed by atoms with Crippen molar-refractivity contribution in [3.05, 3.63) is 34.9 Å². The van der Waals surface area contributed by atoms with E-state index >= 15 is 0 Å². The Hall–Kier alpha value is -1.88. The topological polar surface area (TPSA) is 78.4 Å². The summed E-state index contributed by atoms with van der Waals surface area (Å²) < 4.78 is 0. The Morgan fingerprint density at radius 2 is 1.92 bits per heavy atom. The van der Waals surface area contributed by atoms with Gasteiger partial charge in [-0.05, 0) is 61.3 Å². The Kier molecular flexibility index (Phi) is 5.19. The Labute approximate surface area is 142 Å². The predicted molar refractivity (Wildman–Crippen MR) is 90.6 cm³/mol. The summed E-state index contributed by atoms with van der Waals surface area (Å²) in [6.07, 6.45) is 7.32. The molecule has 3 rings (SSSR count).